The van der Waals surface area contributed by atoms with Crippen LogP contribution in [0.1, 0.15) is 44.5 Å². The Morgan fingerprint density at radius 2 is 2.24 bits per heavy atom. The zero-order valence-corrected chi connectivity index (χ0v) is 11.4. The van der Waals surface area contributed by atoms with Gasteiger partial charge in [-0.15, -0.1) is 0 Å². The van der Waals surface area contributed by atoms with E-state index in [4.69, 9.17) is 0 Å². The van der Waals surface area contributed by atoms with Crippen molar-refractivity contribution in [3.63, 3.8) is 0 Å². The molecule has 3 heteroatoms. The van der Waals surface area contributed by atoms with Crippen molar-refractivity contribution < 1.29 is 5.11 Å². The van der Waals surface area contributed by atoms with Gasteiger partial charge in [-0.25, -0.2) is 0 Å². The lowest BCUT2D eigenvalue weighted by molar-refractivity contribution is -0.0534. The van der Waals surface area contributed by atoms with Gasteiger partial charge in [0, 0.05) is 19.2 Å². The first-order chi connectivity index (χ1) is 7.90. The van der Waals surface area contributed by atoms with Gasteiger partial charge in [-0.05, 0) is 44.1 Å². The summed E-state index contributed by atoms with van der Waals surface area (Å²) in [6.45, 7) is 6.46. The minimum atomic E-state index is -0.535. The molecule has 0 saturated heterocycles. The van der Waals surface area contributed by atoms with Crippen molar-refractivity contribution in [2.75, 3.05) is 0 Å². The van der Waals surface area contributed by atoms with Crippen LogP contribution in [0.3, 0.4) is 0 Å². The van der Waals surface area contributed by atoms with E-state index in [0.29, 0.717) is 5.92 Å². The lowest BCUT2D eigenvalue weighted by Crippen LogP contribution is -2.43. The molecule has 1 aliphatic carbocycles. The fraction of sp³-hybridized carbons (Fsp3) is 0.786. The normalized spacial score (nSPS) is 33.9. The van der Waals surface area contributed by atoms with Crippen LogP contribution >= 0.6 is 0 Å². The first-order valence-electron chi connectivity index (χ1n) is 6.62. The number of hydrogen-bond acceptors (Lipinski definition) is 2. The Hall–Kier alpha value is -0.830. The summed E-state index contributed by atoms with van der Waals surface area (Å²) in [7, 11) is 1.96. The van der Waals surface area contributed by atoms with Gasteiger partial charge in [-0.3, -0.25) is 4.68 Å². The largest absolute Gasteiger partial charge is 0.389 e. The van der Waals surface area contributed by atoms with E-state index < -0.39 is 5.60 Å². The maximum atomic E-state index is 10.8. The van der Waals surface area contributed by atoms with E-state index in [0.717, 1.165) is 43.0 Å². The van der Waals surface area contributed by atoms with Crippen LogP contribution in [0.15, 0.2) is 6.07 Å². The van der Waals surface area contributed by atoms with Crippen LogP contribution in [-0.2, 0) is 13.5 Å². The smallest absolute Gasteiger partial charge is 0.0728 e. The molecule has 96 valence electrons. The summed E-state index contributed by atoms with van der Waals surface area (Å²) in [5, 5.41) is 15.2. The van der Waals surface area contributed by atoms with Crippen molar-refractivity contribution in [2.45, 2.75) is 52.1 Å². The van der Waals surface area contributed by atoms with Crippen LogP contribution in [0.4, 0.5) is 0 Å². The summed E-state index contributed by atoms with van der Waals surface area (Å²) in [6, 6.07) is 2.09. The summed E-state index contributed by atoms with van der Waals surface area (Å²) in [6.07, 6.45) is 3.92. The molecule has 1 N–H and O–H groups in total. The number of aromatic nitrogens is 2. The molecule has 0 bridgehead atoms. The van der Waals surface area contributed by atoms with Crippen LogP contribution in [0.25, 0.3) is 0 Å². The van der Waals surface area contributed by atoms with E-state index in [1.54, 1.807) is 0 Å². The molecule has 0 aromatic carbocycles. The predicted octanol–water partition coefficient (Wildman–Crippen LogP) is 2.46. The summed E-state index contributed by atoms with van der Waals surface area (Å²) in [4.78, 5) is 0. The van der Waals surface area contributed by atoms with E-state index in [9.17, 15) is 5.11 Å². The zero-order valence-electron chi connectivity index (χ0n) is 11.4. The molecule has 1 heterocycles. The molecule has 0 amide bonds. The molecule has 1 aromatic rings. The van der Waals surface area contributed by atoms with Gasteiger partial charge in [0.25, 0.3) is 0 Å². The number of rotatable bonds is 2. The predicted molar refractivity (Wildman–Crippen MR) is 68.8 cm³/mol. The number of aliphatic hydroxyl groups is 1. The monoisotopic (exact) mass is 236 g/mol. The lowest BCUT2D eigenvalue weighted by Gasteiger charge is -2.40. The summed E-state index contributed by atoms with van der Waals surface area (Å²) in [5.74, 6) is 1.13. The summed E-state index contributed by atoms with van der Waals surface area (Å²) in [5.41, 5.74) is 1.64. The Morgan fingerprint density at radius 3 is 2.76 bits per heavy atom. The molecule has 0 aliphatic heterocycles. The van der Waals surface area contributed by atoms with Crippen LogP contribution in [0.2, 0.25) is 0 Å². The van der Waals surface area contributed by atoms with Gasteiger partial charge in [0.1, 0.15) is 0 Å². The molecular formula is C14H24N2O. The molecule has 2 rings (SSSR count). The van der Waals surface area contributed by atoms with Crippen molar-refractivity contribution in [2.24, 2.45) is 18.9 Å². The second kappa shape index (κ2) is 4.45. The Labute approximate surface area is 104 Å². The van der Waals surface area contributed by atoms with Crippen LogP contribution in [0, 0.1) is 18.8 Å². The van der Waals surface area contributed by atoms with Crippen molar-refractivity contribution in [3.05, 3.63) is 17.5 Å². The molecule has 1 fully saturated rings. The van der Waals surface area contributed by atoms with Gasteiger partial charge in [0.2, 0.25) is 0 Å². The topological polar surface area (TPSA) is 38.0 Å². The Morgan fingerprint density at radius 1 is 1.53 bits per heavy atom. The third kappa shape index (κ3) is 2.54. The highest BCUT2D eigenvalue weighted by atomic mass is 16.3. The highest BCUT2D eigenvalue weighted by molar-refractivity contribution is 5.12. The molecule has 3 unspecified atom stereocenters. The van der Waals surface area contributed by atoms with Crippen LogP contribution in [-0.4, -0.2) is 20.5 Å². The maximum Gasteiger partial charge on any atom is 0.0728 e. The van der Waals surface area contributed by atoms with Gasteiger partial charge in [-0.1, -0.05) is 13.8 Å². The van der Waals surface area contributed by atoms with Crippen molar-refractivity contribution in [3.8, 4) is 0 Å². The molecule has 0 radical (unpaired) electrons. The van der Waals surface area contributed by atoms with Crippen molar-refractivity contribution in [1.29, 1.82) is 0 Å². The third-order valence-electron chi connectivity index (χ3n) is 4.33. The number of aryl methyl sites for hydroxylation is 2. The fourth-order valence-electron chi connectivity index (χ4n) is 3.09. The van der Waals surface area contributed by atoms with Crippen LogP contribution in [0.5, 0.6) is 0 Å². The minimum Gasteiger partial charge on any atom is -0.389 e. The standard InChI is InChI=1S/C14H24N2O/c1-10-5-6-14(17,11(2)7-10)9-13-8-12(3)15-16(13)4/h8,10-11,17H,5-7,9H2,1-4H3. The number of nitrogens with zero attached hydrogens (tertiary/aromatic N) is 2. The van der Waals surface area contributed by atoms with E-state index in [1.807, 2.05) is 18.7 Å². The Balaban J connectivity index is 2.14. The summed E-state index contributed by atoms with van der Waals surface area (Å²) >= 11 is 0. The Bertz CT molecular complexity index is 399. The molecular weight excluding hydrogens is 212 g/mol. The SMILES string of the molecule is Cc1cc(CC2(O)CCC(C)CC2C)n(C)n1. The van der Waals surface area contributed by atoms with Gasteiger partial charge in [-0.2, -0.15) is 5.10 Å². The second-order valence-electron chi connectivity index (χ2n) is 5.96. The molecule has 1 aromatic heterocycles. The average molecular weight is 236 g/mol. The highest BCUT2D eigenvalue weighted by Gasteiger charge is 2.38. The van der Waals surface area contributed by atoms with E-state index in [2.05, 4.69) is 25.0 Å². The molecule has 3 nitrogen and oxygen atoms in total. The quantitative estimate of drug-likeness (QED) is 0.856. The van der Waals surface area contributed by atoms with E-state index >= 15 is 0 Å². The van der Waals surface area contributed by atoms with Crippen molar-refractivity contribution in [1.82, 2.24) is 9.78 Å². The molecule has 3 atom stereocenters. The lowest BCUT2D eigenvalue weighted by atomic mass is 9.70. The molecule has 17 heavy (non-hydrogen) atoms. The second-order valence-corrected chi connectivity index (χ2v) is 5.96. The fourth-order valence-corrected chi connectivity index (χ4v) is 3.09. The molecule has 0 spiro atoms. The first-order valence-corrected chi connectivity index (χ1v) is 6.62. The van der Waals surface area contributed by atoms with Gasteiger partial charge < -0.3 is 5.11 Å². The van der Waals surface area contributed by atoms with Gasteiger partial charge >= 0.3 is 0 Å². The minimum absolute atomic E-state index is 0.376. The van der Waals surface area contributed by atoms with E-state index in [-0.39, 0.29) is 0 Å². The van der Waals surface area contributed by atoms with E-state index in [1.165, 1.54) is 0 Å². The maximum absolute atomic E-state index is 10.8. The zero-order chi connectivity index (χ0) is 12.6. The number of hydrogen-bond donors (Lipinski definition) is 1. The highest BCUT2D eigenvalue weighted by Crippen LogP contribution is 2.38. The van der Waals surface area contributed by atoms with Gasteiger partial charge in [0.15, 0.2) is 0 Å². The van der Waals surface area contributed by atoms with Crippen LogP contribution < -0.4 is 0 Å². The average Bonchev–Trinajstić information content (AvgIpc) is 2.53. The third-order valence-corrected chi connectivity index (χ3v) is 4.33. The molecule has 1 aliphatic rings. The van der Waals surface area contributed by atoms with Crippen molar-refractivity contribution >= 4 is 0 Å². The Kier molecular flexibility index (Phi) is 3.30. The van der Waals surface area contributed by atoms with Gasteiger partial charge in [0.05, 0.1) is 11.3 Å². The molecule has 1 saturated carbocycles. The first kappa shape index (κ1) is 12.6. The summed E-state index contributed by atoms with van der Waals surface area (Å²) < 4.78 is 1.90.